The van der Waals surface area contributed by atoms with Crippen LogP contribution < -0.4 is 47.1 Å². The summed E-state index contributed by atoms with van der Waals surface area (Å²) in [6.45, 7) is 8.49. The Kier molecular flexibility index (Phi) is 27.9. The number of likely N-dealkylation sites (tertiary alicyclic amines) is 3. The maximum atomic E-state index is 12.5. The highest BCUT2D eigenvalue weighted by Crippen LogP contribution is 2.22. The largest absolute Gasteiger partial charge is 0.368 e. The SMILES string of the molecule is CCCNC(=O)c1ccccc1.NC(=O)C1CCCCN1C(=O)c1ccccc1.NCC1CCCCN1C(=O)c1ccccc1.NS(=O)(=O)NCC1CCCCN1C(=O)c1ccccc1.NS(=O)(=O)NCC1CNCCN1. The van der Waals surface area contributed by atoms with Crippen molar-refractivity contribution in [2.24, 2.45) is 21.7 Å². The molecule has 0 aromatic heterocycles. The van der Waals surface area contributed by atoms with Crippen LogP contribution >= 0.6 is 0 Å². The first-order valence-corrected chi connectivity index (χ1v) is 29.4. The molecular formula is C54H80N12O9S2. The molecule has 4 aliphatic heterocycles. The van der Waals surface area contributed by atoms with Gasteiger partial charge < -0.3 is 42.1 Å². The van der Waals surface area contributed by atoms with Crippen molar-refractivity contribution < 1.29 is 40.8 Å². The average molecular weight is 1110 g/mol. The van der Waals surface area contributed by atoms with Gasteiger partial charge in [-0.2, -0.15) is 16.8 Å². The molecule has 21 nitrogen and oxygen atoms in total. The van der Waals surface area contributed by atoms with Gasteiger partial charge in [0.25, 0.3) is 44.0 Å². The molecule has 0 spiro atoms. The Morgan fingerprint density at radius 3 is 1.40 bits per heavy atom. The standard InChI is InChI=1S/C13H19N3O3S.C13H16N2O2.C13H18N2O.C10H13NO.C5H14N4O2S/c14-20(18,19)15-10-12-8-4-5-9-16(12)13(17)11-6-2-1-3-7-11;14-12(16)11-8-4-5-9-15(11)13(17)10-6-2-1-3-7-10;14-10-12-8-4-5-9-15(12)13(16)11-6-2-1-3-7-11;1-2-8-11-10(12)9-6-4-3-5-7-9;6-12(10,11)9-4-5-3-7-1-2-8-5/h1-3,6-7,12,15H,4-5,8-10H2,(H2,14,18,19);1-3,6-7,11H,4-5,8-9H2,(H2,14,16);1-3,6-7,12H,4-5,8-10,14H2;3-7H,2,8H2,1H3,(H,11,12);5,7-9H,1-4H2,(H2,6,10,11). The van der Waals surface area contributed by atoms with E-state index in [1.54, 1.807) is 34.1 Å². The van der Waals surface area contributed by atoms with Crippen LogP contribution in [0.1, 0.15) is 113 Å². The Labute approximate surface area is 455 Å². The number of piperazine rings is 1. The summed E-state index contributed by atoms with van der Waals surface area (Å²) < 4.78 is 47.5. The third-order valence-corrected chi connectivity index (χ3v) is 14.1. The maximum Gasteiger partial charge on any atom is 0.274 e. The number of amides is 5. The van der Waals surface area contributed by atoms with E-state index in [1.807, 2.05) is 109 Å². The van der Waals surface area contributed by atoms with E-state index in [0.29, 0.717) is 43.7 Å². The Balaban J connectivity index is 0.000000211. The quantitative estimate of drug-likeness (QED) is 0.0880. The van der Waals surface area contributed by atoms with E-state index < -0.39 is 32.4 Å². The zero-order valence-electron chi connectivity index (χ0n) is 44.1. The van der Waals surface area contributed by atoms with Gasteiger partial charge in [0.15, 0.2) is 0 Å². The van der Waals surface area contributed by atoms with Gasteiger partial charge in [-0.05, 0) is 113 Å². The molecule has 4 unspecified atom stereocenters. The van der Waals surface area contributed by atoms with Crippen LogP contribution in [0.3, 0.4) is 0 Å². The van der Waals surface area contributed by atoms with Crippen molar-refractivity contribution in [3.8, 4) is 0 Å². The summed E-state index contributed by atoms with van der Waals surface area (Å²) in [6, 6.07) is 36.5. The Hall–Kier alpha value is -6.15. The highest BCUT2D eigenvalue weighted by Gasteiger charge is 2.32. The third kappa shape index (κ3) is 23.6. The number of hydrogen-bond acceptors (Lipinski definition) is 12. The lowest BCUT2D eigenvalue weighted by Crippen LogP contribution is -2.53. The van der Waals surface area contributed by atoms with Crippen molar-refractivity contribution in [1.29, 1.82) is 0 Å². The fourth-order valence-corrected chi connectivity index (χ4v) is 9.78. The second-order valence-corrected chi connectivity index (χ2v) is 21.6. The summed E-state index contributed by atoms with van der Waals surface area (Å²) in [6.07, 6.45) is 9.53. The first kappa shape index (κ1) is 63.4. The van der Waals surface area contributed by atoms with Crippen molar-refractivity contribution in [2.45, 2.75) is 95.3 Å². The van der Waals surface area contributed by atoms with Gasteiger partial charge in [0.2, 0.25) is 5.91 Å². The van der Waals surface area contributed by atoms with E-state index in [-0.39, 0.29) is 48.3 Å². The molecule has 4 fully saturated rings. The number of hydrogen-bond donors (Lipinski definition) is 9. The second kappa shape index (κ2) is 33.9. The molecule has 0 radical (unpaired) electrons. The smallest absolute Gasteiger partial charge is 0.274 e. The minimum absolute atomic E-state index is 0.0115. The van der Waals surface area contributed by atoms with Gasteiger partial charge in [0.1, 0.15) is 6.04 Å². The van der Waals surface area contributed by atoms with Crippen LogP contribution in [0.4, 0.5) is 0 Å². The molecule has 0 aliphatic carbocycles. The van der Waals surface area contributed by atoms with Crippen LogP contribution in [0.25, 0.3) is 0 Å². The predicted octanol–water partition coefficient (Wildman–Crippen LogP) is 2.45. The monoisotopic (exact) mass is 1100 g/mol. The molecule has 4 atom stereocenters. The number of rotatable bonds is 14. The molecule has 4 heterocycles. The van der Waals surface area contributed by atoms with Gasteiger partial charge in [-0.25, -0.2) is 19.7 Å². The first-order valence-electron chi connectivity index (χ1n) is 26.3. The molecule has 422 valence electrons. The fraction of sp³-hybridized carbons (Fsp3) is 0.463. The number of primary amides is 1. The molecule has 0 bridgehead atoms. The topological polar surface area (TPSA) is 328 Å². The summed E-state index contributed by atoms with van der Waals surface area (Å²) in [7, 11) is -7.27. The summed E-state index contributed by atoms with van der Waals surface area (Å²) in [5, 5.41) is 18.8. The van der Waals surface area contributed by atoms with Gasteiger partial charge in [0.05, 0.1) is 0 Å². The van der Waals surface area contributed by atoms with Crippen LogP contribution in [0.15, 0.2) is 121 Å². The van der Waals surface area contributed by atoms with Gasteiger partial charge in [-0.1, -0.05) is 79.7 Å². The lowest BCUT2D eigenvalue weighted by Gasteiger charge is -2.35. The lowest BCUT2D eigenvalue weighted by atomic mass is 10.0. The second-order valence-electron chi connectivity index (χ2n) is 18.8. The van der Waals surface area contributed by atoms with Crippen LogP contribution in [0, 0.1) is 0 Å². The molecule has 4 aromatic rings. The lowest BCUT2D eigenvalue weighted by molar-refractivity contribution is -0.123. The number of nitrogens with one attached hydrogen (secondary N) is 5. The molecule has 5 amide bonds. The van der Waals surface area contributed by atoms with Gasteiger partial charge in [-0.15, -0.1) is 0 Å². The van der Waals surface area contributed by atoms with Crippen molar-refractivity contribution >= 4 is 50.0 Å². The Morgan fingerprint density at radius 2 is 0.974 bits per heavy atom. The van der Waals surface area contributed by atoms with E-state index in [1.165, 1.54) is 6.42 Å². The van der Waals surface area contributed by atoms with E-state index in [0.717, 1.165) is 95.2 Å². The van der Waals surface area contributed by atoms with Crippen molar-refractivity contribution in [1.82, 2.24) is 40.1 Å². The van der Waals surface area contributed by atoms with Crippen molar-refractivity contribution in [2.75, 3.05) is 65.4 Å². The van der Waals surface area contributed by atoms with Crippen molar-refractivity contribution in [3.63, 3.8) is 0 Å². The molecule has 23 heteroatoms. The minimum atomic E-state index is -3.73. The van der Waals surface area contributed by atoms with E-state index in [4.69, 9.17) is 21.7 Å². The van der Waals surface area contributed by atoms with Crippen LogP contribution in [0.2, 0.25) is 0 Å². The number of nitrogens with zero attached hydrogens (tertiary/aromatic N) is 3. The van der Waals surface area contributed by atoms with E-state index in [2.05, 4.69) is 25.4 Å². The number of carbonyl (C=O) groups excluding carboxylic acids is 5. The number of carbonyl (C=O) groups is 5. The maximum absolute atomic E-state index is 12.5. The number of nitrogens with two attached hydrogens (primary N) is 4. The van der Waals surface area contributed by atoms with Gasteiger partial charge in [-0.3, -0.25) is 24.0 Å². The summed E-state index contributed by atoms with van der Waals surface area (Å²) in [5.74, 6) is -0.442. The summed E-state index contributed by atoms with van der Waals surface area (Å²) >= 11 is 0. The molecule has 4 aromatic carbocycles. The molecule has 13 N–H and O–H groups in total. The zero-order chi connectivity index (χ0) is 56.1. The van der Waals surface area contributed by atoms with Crippen LogP contribution in [-0.4, -0.2) is 151 Å². The Morgan fingerprint density at radius 1 is 0.558 bits per heavy atom. The van der Waals surface area contributed by atoms with Crippen molar-refractivity contribution in [3.05, 3.63) is 144 Å². The normalized spacial score (nSPS) is 19.4. The average Bonchev–Trinajstić information content (AvgIpc) is 3.46. The number of benzene rings is 4. The highest BCUT2D eigenvalue weighted by molar-refractivity contribution is 7.87. The molecule has 8 rings (SSSR count). The Bertz CT molecular complexity index is 2620. The molecule has 4 saturated heterocycles. The van der Waals surface area contributed by atoms with Crippen LogP contribution in [0.5, 0.6) is 0 Å². The number of piperidine rings is 3. The molecule has 77 heavy (non-hydrogen) atoms. The highest BCUT2D eigenvalue weighted by atomic mass is 32.2. The molecule has 0 saturated carbocycles. The predicted molar refractivity (Wildman–Crippen MR) is 300 cm³/mol. The fourth-order valence-electron chi connectivity index (χ4n) is 8.92. The van der Waals surface area contributed by atoms with Crippen LogP contribution in [-0.2, 0) is 25.2 Å². The molecule has 4 aliphatic rings. The van der Waals surface area contributed by atoms with E-state index >= 15 is 0 Å². The third-order valence-electron chi connectivity index (χ3n) is 13.0. The zero-order valence-corrected chi connectivity index (χ0v) is 45.8. The van der Waals surface area contributed by atoms with Gasteiger partial charge in [0, 0.05) is 106 Å². The summed E-state index contributed by atoms with van der Waals surface area (Å²) in [5.41, 5.74) is 13.8. The first-order chi connectivity index (χ1) is 36.9. The molecular weight excluding hydrogens is 1020 g/mol. The summed E-state index contributed by atoms with van der Waals surface area (Å²) in [4.78, 5) is 64.8. The van der Waals surface area contributed by atoms with Gasteiger partial charge >= 0.3 is 0 Å². The minimum Gasteiger partial charge on any atom is -0.368 e. The van der Waals surface area contributed by atoms with E-state index in [9.17, 15) is 40.8 Å².